The van der Waals surface area contributed by atoms with E-state index in [-0.39, 0.29) is 0 Å². The molecule has 0 spiro atoms. The molecule has 2 nitrogen and oxygen atoms in total. The molecule has 0 unspecified atom stereocenters. The van der Waals surface area contributed by atoms with Gasteiger partial charge in [-0.1, -0.05) is 25.8 Å². The lowest BCUT2D eigenvalue weighted by Crippen LogP contribution is -2.34. The molecule has 0 aliphatic rings. The van der Waals surface area contributed by atoms with Gasteiger partial charge in [0.1, 0.15) is 0 Å². The minimum atomic E-state index is -1.70. The lowest BCUT2D eigenvalue weighted by atomic mass is 10.4. The molecule has 0 saturated carbocycles. The van der Waals surface area contributed by atoms with E-state index < -0.39 is 8.56 Å². The molecule has 14 heavy (non-hydrogen) atoms. The molecule has 0 fully saturated rings. The molecule has 0 aromatic heterocycles. The van der Waals surface area contributed by atoms with Crippen molar-refractivity contribution >= 4 is 18.8 Å². The van der Waals surface area contributed by atoms with Gasteiger partial charge in [0.25, 0.3) is 0 Å². The second-order valence-electron chi connectivity index (χ2n) is 3.62. The fraction of sp³-hybridized carbons (Fsp3) is 1.00. The van der Waals surface area contributed by atoms with Gasteiger partial charge in [-0.3, -0.25) is 0 Å². The van der Waals surface area contributed by atoms with E-state index in [0.29, 0.717) is 0 Å². The quantitative estimate of drug-likeness (QED) is 0.659. The van der Waals surface area contributed by atoms with Crippen LogP contribution in [0.15, 0.2) is 0 Å². The molecule has 0 amide bonds. The van der Waals surface area contributed by atoms with Crippen LogP contribution in [0.4, 0.5) is 0 Å². The van der Waals surface area contributed by atoms with Crippen LogP contribution in [0.2, 0.25) is 19.1 Å². The highest BCUT2D eigenvalue weighted by Crippen LogP contribution is 2.04. The van der Waals surface area contributed by atoms with Gasteiger partial charge in [0.15, 0.2) is 0 Å². The topological polar surface area (TPSA) is 18.5 Å². The van der Waals surface area contributed by atoms with Crippen molar-refractivity contribution in [2.24, 2.45) is 0 Å². The van der Waals surface area contributed by atoms with Gasteiger partial charge in [-0.05, 0) is 26.9 Å². The Balaban J connectivity index is 0. The lowest BCUT2D eigenvalue weighted by molar-refractivity contribution is 0.196. The summed E-state index contributed by atoms with van der Waals surface area (Å²) in [4.78, 5) is 0. The second kappa shape index (κ2) is 11.4. The van der Waals surface area contributed by atoms with Gasteiger partial charge >= 0.3 is 8.56 Å². The molecule has 0 rings (SSSR count). The maximum atomic E-state index is 5.39. The molecule has 0 bridgehead atoms. The van der Waals surface area contributed by atoms with E-state index in [4.69, 9.17) is 8.85 Å². The molecule has 0 aromatic rings. The van der Waals surface area contributed by atoms with Crippen LogP contribution in [0.3, 0.4) is 0 Å². The Kier molecular flexibility index (Phi) is 13.7. The maximum Gasteiger partial charge on any atom is 0.331 e. The van der Waals surface area contributed by atoms with Crippen LogP contribution in [0, 0.1) is 0 Å². The molecule has 0 heterocycles. The Bertz CT molecular complexity index is 98.3. The fourth-order valence-corrected chi connectivity index (χ4v) is 3.27. The van der Waals surface area contributed by atoms with E-state index >= 15 is 0 Å². The van der Waals surface area contributed by atoms with Crippen LogP contribution in [-0.4, -0.2) is 32.0 Å². The van der Waals surface area contributed by atoms with Crippen LogP contribution in [0.1, 0.15) is 33.6 Å². The van der Waals surface area contributed by atoms with Crippen molar-refractivity contribution in [2.75, 3.05) is 13.2 Å². The standard InChI is InChI=1S/C6H16O2Si.C4H12Si/c1-5-7-9(3,4)8-6-2;1-2-3-4-5/h5-6H2,1-4H3;2-4H2,1,5H3. The fourth-order valence-electron chi connectivity index (χ4n) is 1.09. The largest absolute Gasteiger partial charge is 0.395 e. The summed E-state index contributed by atoms with van der Waals surface area (Å²) in [7, 11) is -0.305. The van der Waals surface area contributed by atoms with Crippen LogP contribution in [0.25, 0.3) is 0 Å². The molecule has 0 saturated heterocycles. The minimum Gasteiger partial charge on any atom is -0.395 e. The van der Waals surface area contributed by atoms with Gasteiger partial charge in [0.2, 0.25) is 0 Å². The Labute approximate surface area is 94.1 Å². The van der Waals surface area contributed by atoms with E-state index in [1.54, 1.807) is 0 Å². The summed E-state index contributed by atoms with van der Waals surface area (Å²) in [5.41, 5.74) is 0. The summed E-state index contributed by atoms with van der Waals surface area (Å²) in [5.74, 6) is 0. The molecule has 0 aliphatic heterocycles. The Morgan fingerprint density at radius 1 is 1.00 bits per heavy atom. The van der Waals surface area contributed by atoms with E-state index in [9.17, 15) is 0 Å². The smallest absolute Gasteiger partial charge is 0.331 e. The first-order valence-corrected chi connectivity index (χ1v) is 10.0. The summed E-state index contributed by atoms with van der Waals surface area (Å²) in [5, 5.41) is 0. The van der Waals surface area contributed by atoms with Crippen molar-refractivity contribution in [3.8, 4) is 0 Å². The van der Waals surface area contributed by atoms with E-state index in [1.807, 2.05) is 13.8 Å². The summed E-state index contributed by atoms with van der Waals surface area (Å²) in [6, 6.07) is 1.48. The number of hydrogen-bond donors (Lipinski definition) is 0. The predicted octanol–water partition coefficient (Wildman–Crippen LogP) is 2.33. The zero-order chi connectivity index (χ0) is 11.4. The van der Waals surface area contributed by atoms with Gasteiger partial charge in [0.05, 0.1) is 0 Å². The normalized spacial score (nSPS) is 10.9. The van der Waals surface area contributed by atoms with Gasteiger partial charge in [-0.25, -0.2) is 0 Å². The third-order valence-electron chi connectivity index (χ3n) is 1.69. The van der Waals surface area contributed by atoms with Crippen LogP contribution in [0.5, 0.6) is 0 Å². The van der Waals surface area contributed by atoms with Gasteiger partial charge < -0.3 is 8.85 Å². The highest BCUT2D eigenvalue weighted by molar-refractivity contribution is 6.64. The van der Waals surface area contributed by atoms with Crippen LogP contribution >= 0.6 is 0 Å². The molecule has 0 aromatic carbocycles. The van der Waals surface area contributed by atoms with Crippen LogP contribution in [-0.2, 0) is 8.85 Å². The van der Waals surface area contributed by atoms with Crippen molar-refractivity contribution in [1.29, 1.82) is 0 Å². The third-order valence-corrected chi connectivity index (χ3v) is 4.37. The van der Waals surface area contributed by atoms with Crippen molar-refractivity contribution in [2.45, 2.75) is 52.8 Å². The molecule has 0 atom stereocenters. The Hall–Kier alpha value is 0.354. The van der Waals surface area contributed by atoms with Gasteiger partial charge in [-0.2, -0.15) is 0 Å². The molecular weight excluding hydrogens is 208 g/mol. The summed E-state index contributed by atoms with van der Waals surface area (Å²) in [6.07, 6.45) is 2.83. The molecule has 0 aliphatic carbocycles. The Morgan fingerprint density at radius 3 is 1.57 bits per heavy atom. The first kappa shape index (κ1) is 16.8. The molecule has 88 valence electrons. The predicted molar refractivity (Wildman–Crippen MR) is 70.4 cm³/mol. The van der Waals surface area contributed by atoms with E-state index in [2.05, 4.69) is 20.0 Å². The highest BCUT2D eigenvalue weighted by atomic mass is 28.4. The van der Waals surface area contributed by atoms with Gasteiger partial charge in [-0.15, -0.1) is 0 Å². The third kappa shape index (κ3) is 14.9. The second-order valence-corrected chi connectivity index (χ2v) is 8.00. The number of rotatable bonds is 6. The molecule has 4 heteroatoms. The average molecular weight is 237 g/mol. The van der Waals surface area contributed by atoms with E-state index in [0.717, 1.165) is 13.2 Å². The Morgan fingerprint density at radius 2 is 1.43 bits per heavy atom. The zero-order valence-corrected chi connectivity index (χ0v) is 13.9. The summed E-state index contributed by atoms with van der Waals surface area (Å²) in [6.45, 7) is 11.9. The molecule has 0 radical (unpaired) electrons. The average Bonchev–Trinajstić information content (AvgIpc) is 2.06. The zero-order valence-electron chi connectivity index (χ0n) is 10.9. The monoisotopic (exact) mass is 236 g/mol. The molecular formula is C10H28O2Si2. The highest BCUT2D eigenvalue weighted by Gasteiger charge is 2.22. The number of hydrogen-bond acceptors (Lipinski definition) is 2. The summed E-state index contributed by atoms with van der Waals surface area (Å²) >= 11 is 0. The van der Waals surface area contributed by atoms with Crippen molar-refractivity contribution in [1.82, 2.24) is 0 Å². The van der Waals surface area contributed by atoms with Crippen molar-refractivity contribution < 1.29 is 8.85 Å². The van der Waals surface area contributed by atoms with Crippen LogP contribution < -0.4 is 0 Å². The number of unbranched alkanes of at least 4 members (excludes halogenated alkanes) is 1. The first-order chi connectivity index (χ1) is 6.54. The minimum absolute atomic E-state index is 0.763. The van der Waals surface area contributed by atoms with Gasteiger partial charge in [0, 0.05) is 23.5 Å². The van der Waals surface area contributed by atoms with E-state index in [1.165, 1.54) is 29.1 Å². The first-order valence-electron chi connectivity index (χ1n) is 5.81. The summed E-state index contributed by atoms with van der Waals surface area (Å²) < 4.78 is 10.8. The molecule has 0 N–H and O–H groups in total. The lowest BCUT2D eigenvalue weighted by Gasteiger charge is -2.20. The maximum absolute atomic E-state index is 5.39. The SMILES string of the molecule is CCCC[SiH3].CCO[Si](C)(C)OCC. The van der Waals surface area contributed by atoms with Crippen molar-refractivity contribution in [3.05, 3.63) is 0 Å². The van der Waals surface area contributed by atoms with Crippen molar-refractivity contribution in [3.63, 3.8) is 0 Å².